The second kappa shape index (κ2) is 5.32. The molecule has 0 unspecified atom stereocenters. The van der Waals surface area contributed by atoms with E-state index in [-0.39, 0.29) is 6.42 Å². The Hall–Kier alpha value is -1.88. The van der Waals surface area contributed by atoms with Gasteiger partial charge < -0.3 is 14.6 Å². The van der Waals surface area contributed by atoms with Crippen molar-refractivity contribution in [1.29, 1.82) is 0 Å². The summed E-state index contributed by atoms with van der Waals surface area (Å²) < 4.78 is 11.1. The number of methoxy groups -OCH3 is 1. The van der Waals surface area contributed by atoms with Gasteiger partial charge in [-0.3, -0.25) is 4.79 Å². The summed E-state index contributed by atoms with van der Waals surface area (Å²) in [5.74, 6) is 1.09. The molecule has 0 saturated heterocycles. The van der Waals surface area contributed by atoms with Gasteiger partial charge in [-0.2, -0.15) is 0 Å². The largest absolute Gasteiger partial charge is 0.497 e. The van der Waals surface area contributed by atoms with Gasteiger partial charge in [0.05, 0.1) is 7.11 Å². The van der Waals surface area contributed by atoms with Crippen molar-refractivity contribution >= 4 is 11.8 Å². The van der Waals surface area contributed by atoms with E-state index < -0.39 is 23.0 Å². The summed E-state index contributed by atoms with van der Waals surface area (Å²) >= 11 is 0. The number of esters is 1. The van der Waals surface area contributed by atoms with Crippen molar-refractivity contribution in [2.75, 3.05) is 7.11 Å². The van der Waals surface area contributed by atoms with Gasteiger partial charge in [-0.1, -0.05) is 6.07 Å². The Morgan fingerprint density at radius 3 is 2.31 bits per heavy atom. The van der Waals surface area contributed by atoms with Crippen molar-refractivity contribution in [3.05, 3.63) is 29.3 Å². The normalized spacial score (nSPS) is 39.8. The van der Waals surface area contributed by atoms with Crippen LogP contribution in [0.25, 0.3) is 0 Å². The number of fused-ring (bicyclic) bond motifs is 1. The molecule has 1 N–H and O–H groups in total. The maximum absolute atomic E-state index is 13.0. The molecule has 0 aromatic heterocycles. The Morgan fingerprint density at radius 1 is 1.12 bits per heavy atom. The number of rotatable bonds is 3. The van der Waals surface area contributed by atoms with Crippen LogP contribution in [-0.2, 0) is 16.0 Å². The molecule has 4 fully saturated rings. The fourth-order valence-corrected chi connectivity index (χ4v) is 6.23. The van der Waals surface area contributed by atoms with Crippen molar-refractivity contribution in [2.45, 2.75) is 56.1 Å². The summed E-state index contributed by atoms with van der Waals surface area (Å²) in [5, 5.41) is 11.0. The molecule has 4 bridgehead atoms. The van der Waals surface area contributed by atoms with E-state index in [0.717, 1.165) is 19.3 Å². The average Bonchev–Trinajstić information content (AvgIpc) is 2.85. The summed E-state index contributed by atoms with van der Waals surface area (Å²) in [6.45, 7) is 0. The number of Topliss-reactive ketones (excluding diaryl/α,β-unsaturated/α-hetero) is 1. The van der Waals surface area contributed by atoms with Crippen molar-refractivity contribution in [1.82, 2.24) is 0 Å². The quantitative estimate of drug-likeness (QED) is 0.666. The summed E-state index contributed by atoms with van der Waals surface area (Å²) in [6.07, 6.45) is 6.36. The lowest BCUT2D eigenvalue weighted by Gasteiger charge is -2.56. The summed E-state index contributed by atoms with van der Waals surface area (Å²) in [5.41, 5.74) is -1.54. The molecular weight excluding hydrogens is 332 g/mol. The number of carbonyl (C=O) groups is 2. The number of benzene rings is 1. The Balaban J connectivity index is 1.40. The SMILES string of the molecule is COc1ccc2c(c1)C(=O)[C@@](O)(C(=O)OC13CC4CC(CC(C4)C1)C3)C2. The molecule has 6 rings (SSSR count). The van der Waals surface area contributed by atoms with E-state index in [1.165, 1.54) is 26.4 Å². The van der Waals surface area contributed by atoms with Crippen LogP contribution >= 0.6 is 0 Å². The molecule has 5 heteroatoms. The minimum Gasteiger partial charge on any atom is -0.497 e. The van der Waals surface area contributed by atoms with Gasteiger partial charge in [0.25, 0.3) is 0 Å². The van der Waals surface area contributed by atoms with Crippen LogP contribution in [0.2, 0.25) is 0 Å². The highest BCUT2D eigenvalue weighted by Gasteiger charge is 2.57. The number of ketones is 1. The molecule has 0 radical (unpaired) electrons. The van der Waals surface area contributed by atoms with Crippen LogP contribution in [0.15, 0.2) is 18.2 Å². The number of aliphatic hydroxyl groups is 1. The van der Waals surface area contributed by atoms with Crippen LogP contribution in [0.1, 0.15) is 54.4 Å². The highest BCUT2D eigenvalue weighted by Crippen LogP contribution is 2.57. The molecule has 138 valence electrons. The van der Waals surface area contributed by atoms with E-state index in [1.54, 1.807) is 18.2 Å². The summed E-state index contributed by atoms with van der Waals surface area (Å²) in [7, 11) is 1.52. The second-order valence-corrected chi connectivity index (χ2v) is 8.88. The maximum Gasteiger partial charge on any atom is 0.347 e. The lowest BCUT2D eigenvalue weighted by molar-refractivity contribution is -0.199. The fourth-order valence-electron chi connectivity index (χ4n) is 6.23. The van der Waals surface area contributed by atoms with Gasteiger partial charge in [-0.05, 0) is 74.0 Å². The maximum atomic E-state index is 13.0. The molecule has 26 heavy (non-hydrogen) atoms. The van der Waals surface area contributed by atoms with Crippen LogP contribution < -0.4 is 4.74 Å². The topological polar surface area (TPSA) is 72.8 Å². The number of carbonyl (C=O) groups excluding carboxylic acids is 2. The van der Waals surface area contributed by atoms with Gasteiger partial charge in [0, 0.05) is 12.0 Å². The molecule has 4 saturated carbocycles. The van der Waals surface area contributed by atoms with Crippen LogP contribution in [0.5, 0.6) is 5.75 Å². The molecule has 5 aliphatic carbocycles. The Morgan fingerprint density at radius 2 is 1.73 bits per heavy atom. The van der Waals surface area contributed by atoms with Gasteiger partial charge >= 0.3 is 5.97 Å². The third kappa shape index (κ3) is 2.26. The zero-order valence-electron chi connectivity index (χ0n) is 15.0. The first kappa shape index (κ1) is 16.3. The lowest BCUT2D eigenvalue weighted by atomic mass is 9.54. The smallest absolute Gasteiger partial charge is 0.347 e. The first-order valence-electron chi connectivity index (χ1n) is 9.58. The second-order valence-electron chi connectivity index (χ2n) is 8.88. The van der Waals surface area contributed by atoms with Crippen LogP contribution in [0.4, 0.5) is 0 Å². The van der Waals surface area contributed by atoms with Crippen LogP contribution in [0.3, 0.4) is 0 Å². The van der Waals surface area contributed by atoms with Gasteiger partial charge in [0.15, 0.2) is 0 Å². The number of hydrogen-bond acceptors (Lipinski definition) is 5. The van der Waals surface area contributed by atoms with Gasteiger partial charge in [0.1, 0.15) is 11.4 Å². The van der Waals surface area contributed by atoms with Crippen LogP contribution in [0, 0.1) is 17.8 Å². The fraction of sp³-hybridized carbons (Fsp3) is 0.619. The lowest BCUT2D eigenvalue weighted by Crippen LogP contribution is -2.56. The third-order valence-electron chi connectivity index (χ3n) is 7.01. The average molecular weight is 356 g/mol. The molecule has 0 amide bonds. The predicted octanol–water partition coefficient (Wildman–Crippen LogP) is 2.68. The first-order chi connectivity index (χ1) is 12.4. The zero-order chi connectivity index (χ0) is 18.1. The minimum absolute atomic E-state index is 0.0175. The number of ether oxygens (including phenoxy) is 2. The van der Waals surface area contributed by atoms with E-state index in [9.17, 15) is 14.7 Å². The highest BCUT2D eigenvalue weighted by atomic mass is 16.6. The number of hydrogen-bond donors (Lipinski definition) is 1. The molecule has 0 aliphatic heterocycles. The molecule has 5 aliphatic rings. The summed E-state index contributed by atoms with van der Waals surface area (Å²) in [4.78, 5) is 25.8. The molecule has 1 aromatic carbocycles. The minimum atomic E-state index is -2.10. The Bertz CT molecular complexity index is 762. The van der Waals surface area contributed by atoms with Gasteiger partial charge in [-0.25, -0.2) is 4.79 Å². The highest BCUT2D eigenvalue weighted by molar-refractivity contribution is 6.18. The van der Waals surface area contributed by atoms with E-state index in [2.05, 4.69) is 0 Å². The standard InChI is InChI=1S/C21H24O5/c1-25-16-3-2-15-11-21(24,18(22)17(15)7-16)19(23)26-20-8-12-4-13(9-20)6-14(5-12)10-20/h2-3,7,12-14,24H,4-6,8-11H2,1H3/t12?,13?,14?,20?,21-/m1/s1. The molecular formula is C21H24O5. The molecule has 1 aromatic rings. The third-order valence-corrected chi connectivity index (χ3v) is 7.01. The molecule has 5 nitrogen and oxygen atoms in total. The van der Waals surface area contributed by atoms with Crippen molar-refractivity contribution in [2.24, 2.45) is 17.8 Å². The Labute approximate surface area is 152 Å². The molecule has 1 atom stereocenters. The van der Waals surface area contributed by atoms with Crippen molar-refractivity contribution in [3.8, 4) is 5.75 Å². The zero-order valence-corrected chi connectivity index (χ0v) is 15.0. The van der Waals surface area contributed by atoms with Gasteiger partial charge in [0.2, 0.25) is 11.4 Å². The van der Waals surface area contributed by atoms with Gasteiger partial charge in [-0.15, -0.1) is 0 Å². The predicted molar refractivity (Wildman–Crippen MR) is 93.0 cm³/mol. The van der Waals surface area contributed by atoms with E-state index in [1.807, 2.05) is 0 Å². The van der Waals surface area contributed by atoms with E-state index >= 15 is 0 Å². The monoisotopic (exact) mass is 356 g/mol. The molecule has 0 spiro atoms. The van der Waals surface area contributed by atoms with Crippen LogP contribution in [-0.4, -0.2) is 35.2 Å². The molecule has 0 heterocycles. The van der Waals surface area contributed by atoms with E-state index in [4.69, 9.17) is 9.47 Å². The Kier molecular flexibility index (Phi) is 3.34. The summed E-state index contributed by atoms with van der Waals surface area (Å²) in [6, 6.07) is 5.07. The van der Waals surface area contributed by atoms with Crippen molar-refractivity contribution < 1.29 is 24.2 Å². The first-order valence-corrected chi connectivity index (χ1v) is 9.58. The van der Waals surface area contributed by atoms with E-state index in [0.29, 0.717) is 34.6 Å². The van der Waals surface area contributed by atoms with Crippen molar-refractivity contribution in [3.63, 3.8) is 0 Å².